The highest BCUT2D eigenvalue weighted by atomic mass is 35.5. The molecule has 0 aliphatic carbocycles. The van der Waals surface area contributed by atoms with E-state index in [1.54, 1.807) is 6.07 Å². The maximum atomic E-state index is 13.1. The fourth-order valence-corrected chi connectivity index (χ4v) is 2.82. The summed E-state index contributed by atoms with van der Waals surface area (Å²) in [5.74, 6) is 0.619. The molecule has 5 nitrogen and oxygen atoms in total. The number of anilines is 3. The van der Waals surface area contributed by atoms with Crippen LogP contribution < -0.4 is 10.6 Å². The van der Waals surface area contributed by atoms with E-state index in [4.69, 9.17) is 16.7 Å². The smallest absolute Gasteiger partial charge is 0.396 e. The summed E-state index contributed by atoms with van der Waals surface area (Å²) in [6, 6.07) is 14.5. The molecule has 0 aliphatic heterocycles. The second-order valence-corrected chi connectivity index (χ2v) is 6.56. The second-order valence-electron chi connectivity index (χ2n) is 6.15. The minimum atomic E-state index is -4.56. The lowest BCUT2D eigenvalue weighted by Crippen LogP contribution is -2.09. The zero-order valence-corrected chi connectivity index (χ0v) is 15.9. The van der Waals surface area contributed by atoms with Crippen molar-refractivity contribution in [2.45, 2.75) is 12.6 Å². The monoisotopic (exact) mass is 422 g/mol. The van der Waals surface area contributed by atoms with E-state index in [-0.39, 0.29) is 17.3 Å². The molecule has 9 heteroatoms. The molecule has 1 heterocycles. The van der Waals surface area contributed by atoms with Crippen LogP contribution in [0.4, 0.5) is 30.6 Å². The van der Waals surface area contributed by atoms with Crippen molar-refractivity contribution < 1.29 is 18.3 Å². The van der Waals surface area contributed by atoms with Gasteiger partial charge in [0.1, 0.15) is 5.82 Å². The number of nitrogens with one attached hydrogen (secondary N) is 2. The van der Waals surface area contributed by atoms with Gasteiger partial charge in [-0.3, -0.25) is 0 Å². The molecule has 0 amide bonds. The van der Waals surface area contributed by atoms with Crippen molar-refractivity contribution in [2.24, 2.45) is 0 Å². The number of nitrogens with zero attached hydrogens (tertiary/aromatic N) is 2. The minimum Gasteiger partial charge on any atom is -0.396 e. The molecule has 0 atom stereocenters. The van der Waals surface area contributed by atoms with Crippen LogP contribution in [0, 0.1) is 0 Å². The summed E-state index contributed by atoms with van der Waals surface area (Å²) < 4.78 is 39.4. The van der Waals surface area contributed by atoms with Crippen molar-refractivity contribution in [3.8, 4) is 11.3 Å². The third-order valence-corrected chi connectivity index (χ3v) is 4.29. The van der Waals surface area contributed by atoms with E-state index in [0.717, 1.165) is 11.6 Å². The van der Waals surface area contributed by atoms with Gasteiger partial charge in [0.25, 0.3) is 0 Å². The quantitative estimate of drug-likeness (QED) is 0.447. The Balaban J connectivity index is 1.95. The maximum Gasteiger partial charge on any atom is 0.417 e. The molecule has 0 saturated carbocycles. The molecule has 0 bridgehead atoms. The Morgan fingerprint density at radius 1 is 1.00 bits per heavy atom. The molecule has 3 aromatic rings. The van der Waals surface area contributed by atoms with Crippen LogP contribution in [0.3, 0.4) is 0 Å². The van der Waals surface area contributed by atoms with Gasteiger partial charge in [-0.1, -0.05) is 41.9 Å². The maximum absolute atomic E-state index is 13.1. The average molecular weight is 423 g/mol. The van der Waals surface area contributed by atoms with Crippen LogP contribution in [0.15, 0.2) is 54.6 Å². The summed E-state index contributed by atoms with van der Waals surface area (Å²) in [5, 5.41) is 14.5. The molecule has 0 fully saturated rings. The molecular weight excluding hydrogens is 405 g/mol. The van der Waals surface area contributed by atoms with Crippen LogP contribution in [-0.2, 0) is 6.18 Å². The fourth-order valence-electron chi connectivity index (χ4n) is 2.59. The summed E-state index contributed by atoms with van der Waals surface area (Å²) in [7, 11) is 0. The zero-order chi connectivity index (χ0) is 20.9. The van der Waals surface area contributed by atoms with Crippen molar-refractivity contribution in [3.05, 3.63) is 65.2 Å². The van der Waals surface area contributed by atoms with E-state index < -0.39 is 11.7 Å². The summed E-state index contributed by atoms with van der Waals surface area (Å²) in [4.78, 5) is 8.75. The second kappa shape index (κ2) is 9.11. The van der Waals surface area contributed by atoms with Crippen LogP contribution in [-0.4, -0.2) is 28.2 Å². The highest BCUT2D eigenvalue weighted by molar-refractivity contribution is 6.31. The van der Waals surface area contributed by atoms with E-state index in [1.807, 2.05) is 30.3 Å². The Hall–Kier alpha value is -2.84. The van der Waals surface area contributed by atoms with E-state index in [9.17, 15) is 13.2 Å². The van der Waals surface area contributed by atoms with Gasteiger partial charge in [0, 0.05) is 30.5 Å². The lowest BCUT2D eigenvalue weighted by Gasteiger charge is -2.14. The Morgan fingerprint density at radius 3 is 2.45 bits per heavy atom. The first-order valence-corrected chi connectivity index (χ1v) is 9.17. The topological polar surface area (TPSA) is 70.1 Å². The highest BCUT2D eigenvalue weighted by Crippen LogP contribution is 2.36. The Morgan fingerprint density at radius 2 is 1.76 bits per heavy atom. The first kappa shape index (κ1) is 20.9. The summed E-state index contributed by atoms with van der Waals surface area (Å²) in [6.07, 6.45) is -4.06. The molecule has 3 N–H and O–H groups in total. The number of aromatic nitrogens is 2. The van der Waals surface area contributed by atoms with Crippen LogP contribution in [0.2, 0.25) is 5.02 Å². The van der Waals surface area contributed by atoms with Crippen LogP contribution >= 0.6 is 11.6 Å². The zero-order valence-electron chi connectivity index (χ0n) is 15.2. The Bertz CT molecular complexity index is 968. The number of rotatable bonds is 7. The first-order valence-electron chi connectivity index (χ1n) is 8.80. The summed E-state index contributed by atoms with van der Waals surface area (Å²) >= 11 is 5.68. The van der Waals surface area contributed by atoms with Gasteiger partial charge in [0.2, 0.25) is 5.95 Å². The van der Waals surface area contributed by atoms with Gasteiger partial charge in [-0.2, -0.15) is 18.2 Å². The molecule has 29 heavy (non-hydrogen) atoms. The largest absolute Gasteiger partial charge is 0.417 e. The first-order chi connectivity index (χ1) is 13.9. The van der Waals surface area contributed by atoms with Gasteiger partial charge in [-0.05, 0) is 24.6 Å². The van der Waals surface area contributed by atoms with E-state index in [0.29, 0.717) is 30.4 Å². The highest BCUT2D eigenvalue weighted by Gasteiger charge is 2.33. The number of hydrogen-bond donors (Lipinski definition) is 3. The van der Waals surface area contributed by atoms with Crippen LogP contribution in [0.5, 0.6) is 0 Å². The van der Waals surface area contributed by atoms with Crippen molar-refractivity contribution in [1.82, 2.24) is 9.97 Å². The molecule has 152 valence electrons. The number of aliphatic hydroxyl groups excluding tert-OH is 1. The number of benzene rings is 2. The van der Waals surface area contributed by atoms with E-state index in [2.05, 4.69) is 20.6 Å². The molecule has 0 unspecified atom stereocenters. The Labute approximate surface area is 170 Å². The molecule has 0 radical (unpaired) electrons. The molecule has 1 aromatic heterocycles. The molecule has 2 aromatic carbocycles. The summed E-state index contributed by atoms with van der Waals surface area (Å²) in [5.41, 5.74) is 0.693. The third-order valence-electron chi connectivity index (χ3n) is 3.96. The van der Waals surface area contributed by atoms with Gasteiger partial charge in [0.15, 0.2) is 0 Å². The standard InChI is InChI=1S/C20H18ClF3N4O/c21-16-8-7-14(11-15(16)20(22,23)24)26-18-12-17(13-5-2-1-3-6-13)27-19(28-18)25-9-4-10-29/h1-3,5-8,11-12,29H,4,9-10H2,(H2,25,26,27,28). The van der Waals surface area contributed by atoms with Gasteiger partial charge in [-0.25, -0.2) is 4.98 Å². The minimum absolute atomic E-state index is 0.0154. The molecule has 3 rings (SSSR count). The lowest BCUT2D eigenvalue weighted by atomic mass is 10.1. The molecule has 0 aliphatic rings. The molecule has 0 spiro atoms. The van der Waals surface area contributed by atoms with Crippen molar-refractivity contribution in [1.29, 1.82) is 0 Å². The van der Waals surface area contributed by atoms with E-state index in [1.165, 1.54) is 12.1 Å². The van der Waals surface area contributed by atoms with Gasteiger partial charge in [-0.15, -0.1) is 0 Å². The SMILES string of the molecule is OCCCNc1nc(Nc2ccc(Cl)c(C(F)(F)F)c2)cc(-c2ccccc2)n1. The third kappa shape index (κ3) is 5.58. The summed E-state index contributed by atoms with van der Waals surface area (Å²) in [6.45, 7) is 0.467. The normalized spacial score (nSPS) is 11.3. The van der Waals surface area contributed by atoms with Gasteiger partial charge in [0.05, 0.1) is 16.3 Å². The Kier molecular flexibility index (Phi) is 6.56. The van der Waals surface area contributed by atoms with Crippen molar-refractivity contribution in [3.63, 3.8) is 0 Å². The van der Waals surface area contributed by atoms with Gasteiger partial charge >= 0.3 is 6.18 Å². The number of halogens is 4. The van der Waals surface area contributed by atoms with Crippen molar-refractivity contribution >= 4 is 29.1 Å². The number of aliphatic hydroxyl groups is 1. The van der Waals surface area contributed by atoms with Gasteiger partial charge < -0.3 is 15.7 Å². The number of hydrogen-bond acceptors (Lipinski definition) is 5. The predicted octanol–water partition coefficient (Wildman–Crippen LogP) is 5.35. The van der Waals surface area contributed by atoms with Crippen molar-refractivity contribution in [2.75, 3.05) is 23.8 Å². The number of alkyl halides is 3. The molecule has 0 saturated heterocycles. The average Bonchev–Trinajstić information content (AvgIpc) is 2.69. The molecular formula is C20H18ClF3N4O. The predicted molar refractivity (Wildman–Crippen MR) is 107 cm³/mol. The fraction of sp³-hybridized carbons (Fsp3) is 0.200. The van der Waals surface area contributed by atoms with Crippen LogP contribution in [0.25, 0.3) is 11.3 Å². The lowest BCUT2D eigenvalue weighted by molar-refractivity contribution is -0.137. The van der Waals surface area contributed by atoms with E-state index >= 15 is 0 Å². The van der Waals surface area contributed by atoms with Crippen LogP contribution in [0.1, 0.15) is 12.0 Å².